The molecule has 7 nitrogen and oxygen atoms in total. The van der Waals surface area contributed by atoms with Crippen molar-refractivity contribution in [3.63, 3.8) is 0 Å². The van der Waals surface area contributed by atoms with Gasteiger partial charge in [0.05, 0.1) is 5.39 Å². The number of piperidine rings is 1. The standard InChI is InChI=1S/C21H21N7/c1-4-15(12-17(6-1)27-21-23-8-3-9-24-21)16-5-2-11-28(13-16)20-18-7-10-22-19(18)25-14-26-20/h1,3-4,6-10,12,14,16H,2,5,11,13H2,(H,22,25,26)(H,23,24,27)/t16-/m0/s1. The van der Waals surface area contributed by atoms with E-state index in [2.05, 4.69) is 59.4 Å². The van der Waals surface area contributed by atoms with Crippen LogP contribution in [0.25, 0.3) is 11.0 Å². The molecule has 28 heavy (non-hydrogen) atoms. The summed E-state index contributed by atoms with van der Waals surface area (Å²) in [5.74, 6) is 2.08. The van der Waals surface area contributed by atoms with Crippen molar-refractivity contribution < 1.29 is 0 Å². The summed E-state index contributed by atoms with van der Waals surface area (Å²) >= 11 is 0. The molecule has 1 aliphatic rings. The van der Waals surface area contributed by atoms with Crippen LogP contribution in [0.2, 0.25) is 0 Å². The molecule has 0 radical (unpaired) electrons. The summed E-state index contributed by atoms with van der Waals surface area (Å²) in [5.41, 5.74) is 3.22. The van der Waals surface area contributed by atoms with E-state index in [0.29, 0.717) is 11.9 Å². The quantitative estimate of drug-likeness (QED) is 0.567. The third-order valence-electron chi connectivity index (χ3n) is 5.23. The molecule has 1 fully saturated rings. The molecule has 140 valence electrons. The minimum absolute atomic E-state index is 0.455. The third-order valence-corrected chi connectivity index (χ3v) is 5.23. The summed E-state index contributed by atoms with van der Waals surface area (Å²) in [5, 5.41) is 4.37. The van der Waals surface area contributed by atoms with Crippen molar-refractivity contribution in [3.8, 4) is 0 Å². The summed E-state index contributed by atoms with van der Waals surface area (Å²) < 4.78 is 0. The van der Waals surface area contributed by atoms with Gasteiger partial charge in [-0.2, -0.15) is 0 Å². The first-order valence-corrected chi connectivity index (χ1v) is 9.54. The molecule has 7 heteroatoms. The van der Waals surface area contributed by atoms with Gasteiger partial charge in [-0.1, -0.05) is 12.1 Å². The summed E-state index contributed by atoms with van der Waals surface area (Å²) in [6.45, 7) is 1.96. The molecule has 0 amide bonds. The lowest BCUT2D eigenvalue weighted by molar-refractivity contribution is 0.508. The number of rotatable bonds is 4. The van der Waals surface area contributed by atoms with Crippen molar-refractivity contribution in [3.05, 3.63) is 66.9 Å². The van der Waals surface area contributed by atoms with E-state index in [1.54, 1.807) is 18.7 Å². The Balaban J connectivity index is 1.38. The van der Waals surface area contributed by atoms with Crippen LogP contribution in [0.1, 0.15) is 24.3 Å². The van der Waals surface area contributed by atoms with Crippen LogP contribution in [0.15, 0.2) is 61.3 Å². The van der Waals surface area contributed by atoms with E-state index in [4.69, 9.17) is 0 Å². The smallest absolute Gasteiger partial charge is 0.227 e. The van der Waals surface area contributed by atoms with E-state index in [9.17, 15) is 0 Å². The third kappa shape index (κ3) is 3.26. The van der Waals surface area contributed by atoms with Gasteiger partial charge < -0.3 is 15.2 Å². The maximum absolute atomic E-state index is 4.57. The summed E-state index contributed by atoms with van der Waals surface area (Å²) in [6.07, 6.45) is 9.35. The van der Waals surface area contributed by atoms with Crippen molar-refractivity contribution in [2.75, 3.05) is 23.3 Å². The zero-order chi connectivity index (χ0) is 18.8. The highest BCUT2D eigenvalue weighted by Crippen LogP contribution is 2.32. The number of aromatic amines is 1. The fourth-order valence-corrected chi connectivity index (χ4v) is 3.92. The fourth-order valence-electron chi connectivity index (χ4n) is 3.92. The van der Waals surface area contributed by atoms with Gasteiger partial charge in [-0.25, -0.2) is 19.9 Å². The van der Waals surface area contributed by atoms with Gasteiger partial charge in [-0.15, -0.1) is 0 Å². The number of hydrogen-bond donors (Lipinski definition) is 2. The van der Waals surface area contributed by atoms with Crippen molar-refractivity contribution >= 4 is 28.5 Å². The average molecular weight is 371 g/mol. The highest BCUT2D eigenvalue weighted by atomic mass is 15.2. The number of fused-ring (bicyclic) bond motifs is 1. The predicted molar refractivity (Wildman–Crippen MR) is 110 cm³/mol. The normalized spacial score (nSPS) is 17.0. The molecule has 4 aromatic rings. The molecule has 1 aromatic carbocycles. The Morgan fingerprint density at radius 2 is 1.96 bits per heavy atom. The molecule has 0 spiro atoms. The molecule has 0 saturated carbocycles. The maximum atomic E-state index is 4.57. The Kier molecular flexibility index (Phi) is 4.33. The van der Waals surface area contributed by atoms with Gasteiger partial charge in [-0.05, 0) is 42.7 Å². The van der Waals surface area contributed by atoms with Gasteiger partial charge in [0.25, 0.3) is 0 Å². The lowest BCUT2D eigenvalue weighted by atomic mass is 9.90. The minimum atomic E-state index is 0.455. The lowest BCUT2D eigenvalue weighted by Crippen LogP contribution is -2.35. The number of benzene rings is 1. The number of H-pyrrole nitrogens is 1. The predicted octanol–water partition coefficient (Wildman–Crippen LogP) is 3.88. The van der Waals surface area contributed by atoms with Gasteiger partial charge in [0.1, 0.15) is 17.8 Å². The average Bonchev–Trinajstić information content (AvgIpc) is 3.24. The molecule has 1 aliphatic heterocycles. The summed E-state index contributed by atoms with van der Waals surface area (Å²) in [6, 6.07) is 12.4. The van der Waals surface area contributed by atoms with Gasteiger partial charge >= 0.3 is 0 Å². The molecule has 2 N–H and O–H groups in total. The molecule has 0 bridgehead atoms. The van der Waals surface area contributed by atoms with E-state index in [-0.39, 0.29) is 0 Å². The van der Waals surface area contributed by atoms with Gasteiger partial charge in [-0.3, -0.25) is 0 Å². The lowest BCUT2D eigenvalue weighted by Gasteiger charge is -2.34. The summed E-state index contributed by atoms with van der Waals surface area (Å²) in [7, 11) is 0. The van der Waals surface area contributed by atoms with Crippen molar-refractivity contribution in [2.45, 2.75) is 18.8 Å². The van der Waals surface area contributed by atoms with Crippen LogP contribution >= 0.6 is 0 Å². The second-order valence-corrected chi connectivity index (χ2v) is 7.05. The van der Waals surface area contributed by atoms with Crippen molar-refractivity contribution in [1.29, 1.82) is 0 Å². The van der Waals surface area contributed by atoms with E-state index in [0.717, 1.165) is 42.0 Å². The van der Waals surface area contributed by atoms with Gasteiger partial charge in [0.2, 0.25) is 5.95 Å². The molecule has 1 saturated heterocycles. The molecule has 1 atom stereocenters. The number of anilines is 3. The number of aromatic nitrogens is 5. The second-order valence-electron chi connectivity index (χ2n) is 7.05. The van der Waals surface area contributed by atoms with E-state index >= 15 is 0 Å². The minimum Gasteiger partial charge on any atom is -0.355 e. The molecular weight excluding hydrogens is 350 g/mol. The van der Waals surface area contributed by atoms with Crippen LogP contribution in [-0.4, -0.2) is 38.0 Å². The molecule has 5 rings (SSSR count). The van der Waals surface area contributed by atoms with Crippen molar-refractivity contribution in [1.82, 2.24) is 24.9 Å². The Morgan fingerprint density at radius 3 is 2.89 bits per heavy atom. The Hall–Kier alpha value is -3.48. The highest BCUT2D eigenvalue weighted by molar-refractivity contribution is 5.87. The van der Waals surface area contributed by atoms with E-state index in [1.165, 1.54) is 12.0 Å². The summed E-state index contributed by atoms with van der Waals surface area (Å²) in [4.78, 5) is 22.9. The van der Waals surface area contributed by atoms with Crippen molar-refractivity contribution in [2.24, 2.45) is 0 Å². The molecule has 4 heterocycles. The second kappa shape index (κ2) is 7.26. The van der Waals surface area contributed by atoms with Crippen LogP contribution in [0, 0.1) is 0 Å². The largest absolute Gasteiger partial charge is 0.355 e. The number of hydrogen-bond acceptors (Lipinski definition) is 6. The van der Waals surface area contributed by atoms with Crippen LogP contribution in [0.4, 0.5) is 17.5 Å². The topological polar surface area (TPSA) is 82.6 Å². The van der Waals surface area contributed by atoms with Crippen LogP contribution < -0.4 is 10.2 Å². The van der Waals surface area contributed by atoms with E-state index < -0.39 is 0 Å². The monoisotopic (exact) mass is 371 g/mol. The van der Waals surface area contributed by atoms with E-state index in [1.807, 2.05) is 18.3 Å². The first-order chi connectivity index (χ1) is 13.9. The van der Waals surface area contributed by atoms with Gasteiger partial charge in [0.15, 0.2) is 0 Å². The molecule has 3 aromatic heterocycles. The van der Waals surface area contributed by atoms with Crippen LogP contribution in [0.5, 0.6) is 0 Å². The Bertz CT molecular complexity index is 1080. The maximum Gasteiger partial charge on any atom is 0.227 e. The number of nitrogens with zero attached hydrogens (tertiary/aromatic N) is 5. The zero-order valence-corrected chi connectivity index (χ0v) is 15.4. The molecule has 0 aliphatic carbocycles. The highest BCUT2D eigenvalue weighted by Gasteiger charge is 2.24. The molecular formula is C21H21N7. The zero-order valence-electron chi connectivity index (χ0n) is 15.4. The Morgan fingerprint density at radius 1 is 1.04 bits per heavy atom. The Labute approximate surface area is 162 Å². The fraction of sp³-hybridized carbons (Fsp3) is 0.238. The first-order valence-electron chi connectivity index (χ1n) is 9.54. The van der Waals surface area contributed by atoms with Crippen LogP contribution in [-0.2, 0) is 0 Å². The SMILES string of the molecule is c1cnc(Nc2cccc([C@H]3CCCN(c4ncnc5[nH]ccc45)C3)c2)nc1. The first kappa shape index (κ1) is 16.7. The van der Waals surface area contributed by atoms with Gasteiger partial charge in [0, 0.05) is 43.3 Å². The van der Waals surface area contributed by atoms with Crippen LogP contribution in [0.3, 0.4) is 0 Å². The number of nitrogens with one attached hydrogen (secondary N) is 2. The molecule has 0 unspecified atom stereocenters.